The molecule has 0 aromatic carbocycles. The zero-order valence-corrected chi connectivity index (χ0v) is 13.1. The highest BCUT2D eigenvalue weighted by Crippen LogP contribution is 2.31. The molecule has 1 saturated heterocycles. The zero-order valence-electron chi connectivity index (χ0n) is 13.1. The lowest BCUT2D eigenvalue weighted by Gasteiger charge is -2.48. The normalized spacial score (nSPS) is 32.4. The Labute approximate surface area is 122 Å². The van der Waals surface area contributed by atoms with Crippen LogP contribution in [0.4, 0.5) is 0 Å². The molecule has 0 spiro atoms. The Kier molecular flexibility index (Phi) is 4.71. The lowest BCUT2D eigenvalue weighted by atomic mass is 9.86. The van der Waals surface area contributed by atoms with Crippen LogP contribution in [0.1, 0.15) is 72.1 Å². The van der Waals surface area contributed by atoms with E-state index < -0.39 is 5.54 Å². The summed E-state index contributed by atoms with van der Waals surface area (Å²) >= 11 is 0. The first-order valence-corrected chi connectivity index (χ1v) is 8.18. The van der Waals surface area contributed by atoms with E-state index in [9.17, 15) is 9.59 Å². The highest BCUT2D eigenvalue weighted by atomic mass is 16.2. The molecule has 4 heteroatoms. The van der Waals surface area contributed by atoms with Crippen LogP contribution in [0, 0.1) is 0 Å². The van der Waals surface area contributed by atoms with Crippen LogP contribution in [-0.4, -0.2) is 34.3 Å². The van der Waals surface area contributed by atoms with Crippen molar-refractivity contribution in [2.45, 2.75) is 89.8 Å². The third kappa shape index (κ3) is 2.70. The molecule has 0 aromatic heterocycles. The van der Waals surface area contributed by atoms with Crippen molar-refractivity contribution in [3.05, 3.63) is 0 Å². The van der Waals surface area contributed by atoms with Crippen molar-refractivity contribution >= 4 is 11.8 Å². The summed E-state index contributed by atoms with van der Waals surface area (Å²) in [6.45, 7) is 5.91. The van der Waals surface area contributed by atoms with Crippen molar-refractivity contribution in [1.82, 2.24) is 10.2 Å². The summed E-state index contributed by atoms with van der Waals surface area (Å²) < 4.78 is 0. The molecule has 2 rings (SSSR count). The monoisotopic (exact) mass is 280 g/mol. The molecule has 1 N–H and O–H groups in total. The standard InChI is InChI=1S/C16H28N2O2/c1-4-9-13-14(19)17-16(3,5-2)15(20)18(13)12-10-7-6-8-11-12/h12-13H,4-11H2,1-3H3,(H,17,19). The van der Waals surface area contributed by atoms with Crippen molar-refractivity contribution in [3.63, 3.8) is 0 Å². The second kappa shape index (κ2) is 6.15. The van der Waals surface area contributed by atoms with Crippen LogP contribution in [0.25, 0.3) is 0 Å². The average molecular weight is 280 g/mol. The summed E-state index contributed by atoms with van der Waals surface area (Å²) in [5.74, 6) is 0.173. The molecule has 1 saturated carbocycles. The molecule has 1 aliphatic heterocycles. The van der Waals surface area contributed by atoms with Crippen molar-refractivity contribution in [2.75, 3.05) is 0 Å². The van der Waals surface area contributed by atoms with E-state index in [-0.39, 0.29) is 23.9 Å². The van der Waals surface area contributed by atoms with Crippen molar-refractivity contribution < 1.29 is 9.59 Å². The zero-order chi connectivity index (χ0) is 14.8. The molecule has 4 nitrogen and oxygen atoms in total. The Balaban J connectivity index is 2.28. The Morgan fingerprint density at radius 2 is 1.85 bits per heavy atom. The molecule has 0 bridgehead atoms. The summed E-state index contributed by atoms with van der Waals surface area (Å²) in [6, 6.07) is 0.0138. The number of amides is 2. The van der Waals surface area contributed by atoms with Gasteiger partial charge in [0.1, 0.15) is 11.6 Å². The fraction of sp³-hybridized carbons (Fsp3) is 0.875. The van der Waals surface area contributed by atoms with E-state index in [1.165, 1.54) is 19.3 Å². The van der Waals surface area contributed by atoms with E-state index in [1.807, 2.05) is 18.7 Å². The van der Waals surface area contributed by atoms with Gasteiger partial charge in [-0.05, 0) is 32.6 Å². The third-order valence-electron chi connectivity index (χ3n) is 4.98. The molecule has 2 atom stereocenters. The third-order valence-corrected chi connectivity index (χ3v) is 4.98. The predicted octanol–water partition coefficient (Wildman–Crippen LogP) is 2.61. The average Bonchev–Trinajstić information content (AvgIpc) is 2.46. The van der Waals surface area contributed by atoms with E-state index in [0.29, 0.717) is 6.42 Å². The Morgan fingerprint density at radius 3 is 2.40 bits per heavy atom. The van der Waals surface area contributed by atoms with E-state index in [2.05, 4.69) is 12.2 Å². The van der Waals surface area contributed by atoms with Gasteiger partial charge in [0.15, 0.2) is 0 Å². The molecule has 2 fully saturated rings. The summed E-state index contributed by atoms with van der Waals surface area (Å²) in [4.78, 5) is 27.3. The van der Waals surface area contributed by atoms with Gasteiger partial charge in [0.05, 0.1) is 0 Å². The molecule has 20 heavy (non-hydrogen) atoms. The smallest absolute Gasteiger partial charge is 0.248 e. The molecule has 1 aliphatic carbocycles. The first-order chi connectivity index (χ1) is 9.53. The van der Waals surface area contributed by atoms with Gasteiger partial charge in [0, 0.05) is 6.04 Å². The lowest BCUT2D eigenvalue weighted by molar-refractivity contribution is -0.158. The summed E-state index contributed by atoms with van der Waals surface area (Å²) in [6.07, 6.45) is 8.08. The molecule has 2 aliphatic rings. The molecule has 114 valence electrons. The predicted molar refractivity (Wildman–Crippen MR) is 79.3 cm³/mol. The molecule has 0 aromatic rings. The minimum absolute atomic E-state index is 0.0429. The van der Waals surface area contributed by atoms with E-state index in [4.69, 9.17) is 0 Å². The minimum Gasteiger partial charge on any atom is -0.340 e. The van der Waals surface area contributed by atoms with Crippen LogP contribution in [0.5, 0.6) is 0 Å². The Bertz CT molecular complexity index is 377. The fourth-order valence-electron chi connectivity index (χ4n) is 3.52. The maximum Gasteiger partial charge on any atom is 0.248 e. The van der Waals surface area contributed by atoms with Crippen LogP contribution >= 0.6 is 0 Å². The first kappa shape index (κ1) is 15.3. The maximum atomic E-state index is 12.9. The van der Waals surface area contributed by atoms with E-state index in [0.717, 1.165) is 25.7 Å². The molecule has 2 amide bonds. The van der Waals surface area contributed by atoms with Gasteiger partial charge in [0.25, 0.3) is 0 Å². The number of nitrogens with zero attached hydrogens (tertiary/aromatic N) is 1. The van der Waals surface area contributed by atoms with Gasteiger partial charge >= 0.3 is 0 Å². The number of carbonyl (C=O) groups excluding carboxylic acids is 2. The summed E-state index contributed by atoms with van der Waals surface area (Å²) in [7, 11) is 0. The Hall–Kier alpha value is -1.06. The second-order valence-corrected chi connectivity index (χ2v) is 6.48. The van der Waals surface area contributed by atoms with E-state index in [1.54, 1.807) is 0 Å². The lowest BCUT2D eigenvalue weighted by Crippen LogP contribution is -2.70. The van der Waals surface area contributed by atoms with Gasteiger partial charge < -0.3 is 10.2 Å². The van der Waals surface area contributed by atoms with Gasteiger partial charge in [-0.25, -0.2) is 0 Å². The van der Waals surface area contributed by atoms with Crippen LogP contribution < -0.4 is 5.32 Å². The van der Waals surface area contributed by atoms with Crippen molar-refractivity contribution in [1.29, 1.82) is 0 Å². The number of piperazine rings is 1. The number of hydrogen-bond acceptors (Lipinski definition) is 2. The summed E-state index contributed by atoms with van der Waals surface area (Å²) in [5.41, 5.74) is -0.710. The van der Waals surface area contributed by atoms with Crippen molar-refractivity contribution in [3.8, 4) is 0 Å². The van der Waals surface area contributed by atoms with Crippen LogP contribution in [0.2, 0.25) is 0 Å². The van der Waals surface area contributed by atoms with Gasteiger partial charge in [-0.15, -0.1) is 0 Å². The molecule has 2 unspecified atom stereocenters. The molecular weight excluding hydrogens is 252 g/mol. The quantitative estimate of drug-likeness (QED) is 0.860. The second-order valence-electron chi connectivity index (χ2n) is 6.48. The van der Waals surface area contributed by atoms with Crippen LogP contribution in [0.15, 0.2) is 0 Å². The highest BCUT2D eigenvalue weighted by molar-refractivity contribution is 5.99. The molecule has 1 heterocycles. The van der Waals surface area contributed by atoms with Gasteiger partial charge in [0.2, 0.25) is 11.8 Å². The topological polar surface area (TPSA) is 49.4 Å². The largest absolute Gasteiger partial charge is 0.340 e. The molecule has 0 radical (unpaired) electrons. The highest BCUT2D eigenvalue weighted by Gasteiger charge is 2.48. The fourth-order valence-corrected chi connectivity index (χ4v) is 3.52. The van der Waals surface area contributed by atoms with E-state index >= 15 is 0 Å². The summed E-state index contributed by atoms with van der Waals surface area (Å²) in [5, 5.41) is 2.97. The maximum absolute atomic E-state index is 12.9. The first-order valence-electron chi connectivity index (χ1n) is 8.18. The number of hydrogen-bond donors (Lipinski definition) is 1. The SMILES string of the molecule is CCCC1C(=O)NC(C)(CC)C(=O)N1C1CCCCC1. The van der Waals surface area contributed by atoms with Gasteiger partial charge in [-0.2, -0.15) is 0 Å². The van der Waals surface area contributed by atoms with Crippen LogP contribution in [0.3, 0.4) is 0 Å². The van der Waals surface area contributed by atoms with Gasteiger partial charge in [-0.3, -0.25) is 9.59 Å². The van der Waals surface area contributed by atoms with Crippen LogP contribution in [-0.2, 0) is 9.59 Å². The number of carbonyl (C=O) groups is 2. The number of rotatable bonds is 4. The minimum atomic E-state index is -0.710. The van der Waals surface area contributed by atoms with Gasteiger partial charge in [-0.1, -0.05) is 39.5 Å². The number of nitrogens with one attached hydrogen (secondary N) is 1. The van der Waals surface area contributed by atoms with Crippen molar-refractivity contribution in [2.24, 2.45) is 0 Å². The molecular formula is C16H28N2O2. The Morgan fingerprint density at radius 1 is 1.20 bits per heavy atom.